The first kappa shape index (κ1) is 29.6. The second kappa shape index (κ2) is 12.8. The van der Waals surface area contributed by atoms with Gasteiger partial charge in [0.1, 0.15) is 11.2 Å². The van der Waals surface area contributed by atoms with Crippen LogP contribution < -0.4 is 4.90 Å². The molecular weight excluding hydrogens is 607 g/mol. The minimum atomic E-state index is 0.885. The van der Waals surface area contributed by atoms with Crippen molar-refractivity contribution < 1.29 is 4.42 Å². The molecule has 2 nitrogen and oxygen atoms in total. The molecule has 0 aliphatic heterocycles. The maximum atomic E-state index is 6.47. The minimum Gasteiger partial charge on any atom is -0.455 e. The molecule has 2 heteroatoms. The predicted molar refractivity (Wildman–Crippen MR) is 208 cm³/mol. The number of benzene rings is 6. The number of rotatable bonds is 7. The van der Waals surface area contributed by atoms with Crippen molar-refractivity contribution in [1.29, 1.82) is 0 Å². The number of furan rings is 1. The van der Waals surface area contributed by atoms with E-state index in [0.717, 1.165) is 68.4 Å². The van der Waals surface area contributed by atoms with Gasteiger partial charge < -0.3 is 9.32 Å². The number of fused-ring (bicyclic) bond motifs is 3. The van der Waals surface area contributed by atoms with Gasteiger partial charge in [-0.3, -0.25) is 0 Å². The Morgan fingerprint density at radius 3 is 2.00 bits per heavy atom. The van der Waals surface area contributed by atoms with Crippen LogP contribution in [0.1, 0.15) is 18.4 Å². The van der Waals surface area contributed by atoms with Gasteiger partial charge in [0.15, 0.2) is 0 Å². The Kier molecular flexibility index (Phi) is 7.57. The first-order valence-corrected chi connectivity index (χ1v) is 17.1. The molecule has 0 fully saturated rings. The van der Waals surface area contributed by atoms with Crippen molar-refractivity contribution in [2.75, 3.05) is 4.90 Å². The summed E-state index contributed by atoms with van der Waals surface area (Å²) < 4.78 is 6.47. The van der Waals surface area contributed by atoms with Crippen molar-refractivity contribution in [3.8, 4) is 33.4 Å². The third kappa shape index (κ3) is 5.46. The Balaban J connectivity index is 1.17. The maximum absolute atomic E-state index is 6.47. The van der Waals surface area contributed by atoms with Crippen molar-refractivity contribution in [3.63, 3.8) is 0 Å². The monoisotopic (exact) mass is 639 g/mol. The van der Waals surface area contributed by atoms with Gasteiger partial charge >= 0.3 is 0 Å². The Hall–Kier alpha value is -6.56. The van der Waals surface area contributed by atoms with Crippen LogP contribution in [-0.2, 0) is 0 Å². The van der Waals surface area contributed by atoms with Gasteiger partial charge in [-0.1, -0.05) is 133 Å². The number of nitrogens with zero attached hydrogens (tertiary/aromatic N) is 1. The molecule has 9 rings (SSSR count). The van der Waals surface area contributed by atoms with Crippen LogP contribution in [-0.4, -0.2) is 0 Å². The van der Waals surface area contributed by atoms with E-state index in [2.05, 4.69) is 175 Å². The van der Waals surface area contributed by atoms with Crippen LogP contribution in [0, 0.1) is 12.1 Å². The van der Waals surface area contributed by atoms with Gasteiger partial charge in [0.25, 0.3) is 0 Å². The van der Waals surface area contributed by atoms with Crippen molar-refractivity contribution in [3.05, 3.63) is 199 Å². The lowest BCUT2D eigenvalue weighted by Gasteiger charge is -2.31. The fourth-order valence-electron chi connectivity index (χ4n) is 7.20. The van der Waals surface area contributed by atoms with Crippen molar-refractivity contribution >= 4 is 38.9 Å². The van der Waals surface area contributed by atoms with E-state index in [4.69, 9.17) is 4.42 Å². The van der Waals surface area contributed by atoms with E-state index in [1.165, 1.54) is 28.0 Å². The lowest BCUT2D eigenvalue weighted by molar-refractivity contribution is 0.670. The topological polar surface area (TPSA) is 16.4 Å². The number of anilines is 2. The summed E-state index contributed by atoms with van der Waals surface area (Å²) in [6, 6.07) is 64.2. The van der Waals surface area contributed by atoms with Crippen molar-refractivity contribution in [2.45, 2.75) is 12.8 Å². The van der Waals surface area contributed by atoms with E-state index in [1.807, 2.05) is 18.2 Å². The third-order valence-corrected chi connectivity index (χ3v) is 9.67. The Morgan fingerprint density at radius 2 is 1.24 bits per heavy atom. The smallest absolute Gasteiger partial charge is 0.143 e. The van der Waals surface area contributed by atoms with Crippen LogP contribution in [0.25, 0.3) is 60.9 Å². The minimum absolute atomic E-state index is 0.885. The number of para-hydroxylation sites is 2. The fourth-order valence-corrected chi connectivity index (χ4v) is 7.20. The summed E-state index contributed by atoms with van der Waals surface area (Å²) in [5.74, 6) is 0. The lowest BCUT2D eigenvalue weighted by Crippen LogP contribution is -2.18. The normalized spacial score (nSPS) is 12.7. The Labute approximate surface area is 292 Å². The van der Waals surface area contributed by atoms with E-state index in [1.54, 1.807) is 0 Å². The van der Waals surface area contributed by atoms with Crippen LogP contribution in [0.5, 0.6) is 0 Å². The van der Waals surface area contributed by atoms with Gasteiger partial charge in [-0.15, -0.1) is 0 Å². The Morgan fingerprint density at radius 1 is 0.520 bits per heavy atom. The van der Waals surface area contributed by atoms with Gasteiger partial charge in [-0.05, 0) is 95.3 Å². The molecule has 1 aromatic heterocycles. The summed E-state index contributed by atoms with van der Waals surface area (Å²) in [4.78, 5) is 2.42. The maximum Gasteiger partial charge on any atom is 0.143 e. The average molecular weight is 640 g/mol. The molecule has 0 spiro atoms. The van der Waals surface area contributed by atoms with Gasteiger partial charge in [-0.2, -0.15) is 0 Å². The molecule has 0 saturated heterocycles. The van der Waals surface area contributed by atoms with Crippen molar-refractivity contribution in [1.82, 2.24) is 0 Å². The molecule has 0 amide bonds. The zero-order valence-electron chi connectivity index (χ0n) is 27.5. The molecule has 236 valence electrons. The number of hydrogen-bond acceptors (Lipinski definition) is 2. The second-order valence-corrected chi connectivity index (χ2v) is 12.7. The van der Waals surface area contributed by atoms with Gasteiger partial charge in [0.05, 0.1) is 5.69 Å². The van der Waals surface area contributed by atoms with Crippen LogP contribution in [0.3, 0.4) is 0 Å². The molecule has 0 bridgehead atoms. The van der Waals surface area contributed by atoms with Gasteiger partial charge in [0, 0.05) is 38.8 Å². The van der Waals surface area contributed by atoms with Crippen LogP contribution in [0.15, 0.2) is 186 Å². The molecule has 8 aromatic rings. The van der Waals surface area contributed by atoms with Crippen molar-refractivity contribution in [2.24, 2.45) is 0 Å². The zero-order valence-corrected chi connectivity index (χ0v) is 27.5. The highest BCUT2D eigenvalue weighted by Gasteiger charge is 2.22. The van der Waals surface area contributed by atoms with Crippen LogP contribution in [0.2, 0.25) is 0 Å². The van der Waals surface area contributed by atoms with E-state index in [9.17, 15) is 0 Å². The third-order valence-electron chi connectivity index (χ3n) is 9.67. The molecule has 1 heterocycles. The van der Waals surface area contributed by atoms with Crippen LogP contribution >= 0.6 is 0 Å². The average Bonchev–Trinajstić information content (AvgIpc) is 3.58. The highest BCUT2D eigenvalue weighted by Crippen LogP contribution is 2.43. The first-order chi connectivity index (χ1) is 24.8. The highest BCUT2D eigenvalue weighted by atomic mass is 16.3. The van der Waals surface area contributed by atoms with Gasteiger partial charge in [-0.25, -0.2) is 0 Å². The summed E-state index contributed by atoms with van der Waals surface area (Å²) in [6.07, 6.45) is 6.41. The van der Waals surface area contributed by atoms with Gasteiger partial charge in [0.2, 0.25) is 0 Å². The standard InChI is InChI=1S/C48H33NO/c1-4-14-34(15-5-1)35-24-28-40(29-25-35)49(46-22-12-10-20-42(46)37-16-6-2-7-17-37)41-30-26-36(27-31-41)39-32-44(38-18-8-3-9-19-38)48-45(33-39)43-21-11-13-23-47(43)50-48/h1-6,8-16,18-26,28-30,32-33H,27,31H2. The SMILES string of the molecule is c1cccc(-c2ccccc2N(C2=CC=C(c3cc(-c4ccccc4)c4oc5ccccc5c4c3)CC2)c2ccc(-c3ccccc3)cc2)c#1. The molecule has 7 aromatic carbocycles. The molecule has 1 aliphatic rings. The highest BCUT2D eigenvalue weighted by molar-refractivity contribution is 6.10. The molecule has 50 heavy (non-hydrogen) atoms. The van der Waals surface area contributed by atoms with E-state index < -0.39 is 0 Å². The zero-order chi connectivity index (χ0) is 33.3. The van der Waals surface area contributed by atoms with E-state index >= 15 is 0 Å². The quantitative estimate of drug-likeness (QED) is 0.173. The molecular formula is C48H33NO. The largest absolute Gasteiger partial charge is 0.455 e. The fraction of sp³-hybridized carbons (Fsp3) is 0.0417. The summed E-state index contributed by atoms with van der Waals surface area (Å²) in [5, 5.41) is 2.29. The van der Waals surface area contributed by atoms with Crippen LogP contribution in [0.4, 0.5) is 11.4 Å². The molecule has 0 saturated carbocycles. The predicted octanol–water partition coefficient (Wildman–Crippen LogP) is 13.1. The molecule has 0 atom stereocenters. The number of hydrogen-bond donors (Lipinski definition) is 0. The first-order valence-electron chi connectivity index (χ1n) is 17.1. The second-order valence-electron chi connectivity index (χ2n) is 12.7. The molecule has 0 N–H and O–H groups in total. The summed E-state index contributed by atoms with van der Waals surface area (Å²) in [6.45, 7) is 0. The molecule has 0 unspecified atom stereocenters. The summed E-state index contributed by atoms with van der Waals surface area (Å²) in [7, 11) is 0. The molecule has 0 radical (unpaired) electrons. The Bertz CT molecular complexity index is 2510. The van der Waals surface area contributed by atoms with E-state index in [-0.39, 0.29) is 0 Å². The number of allylic oxidation sites excluding steroid dienone is 4. The lowest BCUT2D eigenvalue weighted by atomic mass is 9.90. The van der Waals surface area contributed by atoms with E-state index in [0.29, 0.717) is 0 Å². The molecule has 1 aliphatic carbocycles. The summed E-state index contributed by atoms with van der Waals surface area (Å²) in [5.41, 5.74) is 14.7. The summed E-state index contributed by atoms with van der Waals surface area (Å²) >= 11 is 0.